The fourth-order valence-electron chi connectivity index (χ4n) is 3.51. The van der Waals surface area contributed by atoms with Crippen molar-refractivity contribution in [1.82, 2.24) is 24.7 Å². The number of anilines is 1. The number of hydrogen-bond donors (Lipinski definition) is 1. The molecule has 0 saturated carbocycles. The van der Waals surface area contributed by atoms with Crippen LogP contribution in [0.1, 0.15) is 28.8 Å². The first-order chi connectivity index (χ1) is 17.0. The number of morpholine rings is 1. The van der Waals surface area contributed by atoms with Crippen molar-refractivity contribution in [2.24, 2.45) is 0 Å². The van der Waals surface area contributed by atoms with E-state index < -0.39 is 5.97 Å². The molecule has 5 rings (SSSR count). The number of carboxylic acid groups (broad SMARTS) is 1. The number of nitrogens with zero attached hydrogens (tertiary/aromatic N) is 6. The van der Waals surface area contributed by atoms with Gasteiger partial charge < -0.3 is 36.4 Å². The molecule has 36 heavy (non-hydrogen) atoms. The molecule has 1 saturated heterocycles. The molecule has 0 amide bonds. The van der Waals surface area contributed by atoms with Crippen LogP contribution in [0.4, 0.5) is 5.95 Å². The SMILES string of the molecule is O=C(O)c1[c-]nc(N2CCOCC2)nc1-c1cccc(-n2cccn2)c1.[CH2-]C(C)c1ccncc1.[K+]. The number of carboxylic acids is 1. The van der Waals surface area contributed by atoms with Gasteiger partial charge in [0.05, 0.1) is 18.9 Å². The second kappa shape index (κ2) is 13.7. The number of hydrogen-bond acceptors (Lipinski definition) is 7. The largest absolute Gasteiger partial charge is 1.00 e. The molecule has 0 aliphatic carbocycles. The second-order valence-corrected chi connectivity index (χ2v) is 7.95. The third-order valence-corrected chi connectivity index (χ3v) is 5.39. The van der Waals surface area contributed by atoms with Crippen LogP contribution in [0.3, 0.4) is 0 Å². The summed E-state index contributed by atoms with van der Waals surface area (Å²) in [5.41, 5.74) is 3.01. The molecular weight excluding hydrogens is 483 g/mol. The average molecular weight is 510 g/mol. The summed E-state index contributed by atoms with van der Waals surface area (Å²) in [7, 11) is 0. The zero-order chi connectivity index (χ0) is 24.6. The van der Waals surface area contributed by atoms with Crippen molar-refractivity contribution in [3.63, 3.8) is 0 Å². The van der Waals surface area contributed by atoms with Gasteiger partial charge in [-0.2, -0.15) is 5.10 Å². The molecule has 4 aromatic rings. The van der Waals surface area contributed by atoms with E-state index in [1.54, 1.807) is 23.3 Å². The summed E-state index contributed by atoms with van der Waals surface area (Å²) >= 11 is 0. The Balaban J connectivity index is 0.000000307. The van der Waals surface area contributed by atoms with E-state index in [0.29, 0.717) is 49.4 Å². The van der Waals surface area contributed by atoms with E-state index in [9.17, 15) is 9.90 Å². The summed E-state index contributed by atoms with van der Waals surface area (Å²) in [6.45, 7) is 8.45. The van der Waals surface area contributed by atoms with Gasteiger partial charge >= 0.3 is 51.4 Å². The normalized spacial score (nSPS) is 13.7. The summed E-state index contributed by atoms with van der Waals surface area (Å²) in [6.07, 6.45) is 9.72. The van der Waals surface area contributed by atoms with Gasteiger partial charge in [0.15, 0.2) is 0 Å². The smallest absolute Gasteiger partial charge is 0.521 e. The molecule has 1 aliphatic rings. The Hall–Kier alpha value is -2.47. The number of carbonyl (C=O) groups is 1. The third kappa shape index (κ3) is 7.28. The molecule has 1 N–H and O–H groups in total. The molecule has 1 fully saturated rings. The molecule has 9 nitrogen and oxygen atoms in total. The summed E-state index contributed by atoms with van der Waals surface area (Å²) in [4.78, 5) is 26.1. The van der Waals surface area contributed by atoms with E-state index in [2.05, 4.69) is 40.1 Å². The maximum Gasteiger partial charge on any atom is 1.00 e. The molecule has 10 heteroatoms. The monoisotopic (exact) mass is 509 g/mol. The summed E-state index contributed by atoms with van der Waals surface area (Å²) in [5, 5.41) is 13.7. The van der Waals surface area contributed by atoms with Crippen LogP contribution in [0.5, 0.6) is 0 Å². The Bertz CT molecular complexity index is 1250. The van der Waals surface area contributed by atoms with E-state index in [4.69, 9.17) is 4.74 Å². The van der Waals surface area contributed by atoms with Gasteiger partial charge in [-0.1, -0.05) is 24.6 Å². The van der Waals surface area contributed by atoms with Crippen molar-refractivity contribution in [1.29, 1.82) is 0 Å². The molecule has 1 unspecified atom stereocenters. The number of aromatic nitrogens is 5. The molecule has 0 bridgehead atoms. The van der Waals surface area contributed by atoms with Gasteiger partial charge in [-0.05, 0) is 53.3 Å². The molecule has 3 aromatic heterocycles. The molecule has 0 spiro atoms. The van der Waals surface area contributed by atoms with Crippen LogP contribution in [0.2, 0.25) is 0 Å². The first-order valence-electron chi connectivity index (χ1n) is 11.2. The van der Waals surface area contributed by atoms with Gasteiger partial charge in [0.1, 0.15) is 5.95 Å². The maximum atomic E-state index is 11.6. The van der Waals surface area contributed by atoms with E-state index in [-0.39, 0.29) is 56.9 Å². The Morgan fingerprint density at radius 2 is 1.89 bits per heavy atom. The van der Waals surface area contributed by atoms with E-state index in [1.807, 2.05) is 53.6 Å². The van der Waals surface area contributed by atoms with Crippen molar-refractivity contribution in [3.8, 4) is 16.9 Å². The molecule has 1 aromatic carbocycles. The third-order valence-electron chi connectivity index (χ3n) is 5.39. The fourth-order valence-corrected chi connectivity index (χ4v) is 3.51. The molecular formula is C26H26KN6O3-. The maximum absolute atomic E-state index is 11.6. The van der Waals surface area contributed by atoms with Crippen LogP contribution >= 0.6 is 0 Å². The summed E-state index contributed by atoms with van der Waals surface area (Å²) in [6, 6.07) is 13.2. The number of benzene rings is 1. The molecule has 4 heterocycles. The number of ether oxygens (including phenoxy) is 1. The van der Waals surface area contributed by atoms with Gasteiger partial charge in [0.2, 0.25) is 0 Å². The number of aromatic carboxylic acids is 1. The molecule has 1 aliphatic heterocycles. The van der Waals surface area contributed by atoms with Crippen molar-refractivity contribution in [2.45, 2.75) is 12.8 Å². The van der Waals surface area contributed by atoms with Crippen LogP contribution in [0.15, 0.2) is 67.3 Å². The minimum absolute atomic E-state index is 0. The summed E-state index contributed by atoms with van der Waals surface area (Å²) in [5.74, 6) is -0.288. The summed E-state index contributed by atoms with van der Waals surface area (Å²) < 4.78 is 7.05. The standard InChI is InChI=1S/C18H16N5O3.C8H10N.K/c24-17(25)15-12-19-18(22-7-9-26-10-8-22)21-16(15)13-3-1-4-14(11-13)23-6-2-5-20-23;1-7(2)8-3-5-9-6-4-8;/h1-6,11H,7-10H2,(H,24,25);3-7H,1H2,2H3;/q2*-1;+1. The minimum Gasteiger partial charge on any atom is -0.521 e. The van der Waals surface area contributed by atoms with E-state index in [0.717, 1.165) is 5.69 Å². The van der Waals surface area contributed by atoms with Crippen LogP contribution in [-0.2, 0) is 4.74 Å². The minimum atomic E-state index is -1.11. The van der Waals surface area contributed by atoms with Crippen molar-refractivity contribution >= 4 is 11.9 Å². The first kappa shape index (κ1) is 28.1. The number of rotatable bonds is 5. The van der Waals surface area contributed by atoms with E-state index in [1.165, 1.54) is 5.56 Å². The van der Waals surface area contributed by atoms with Crippen molar-refractivity contribution < 1.29 is 66.0 Å². The first-order valence-corrected chi connectivity index (χ1v) is 11.2. The van der Waals surface area contributed by atoms with Gasteiger partial charge in [-0.15, -0.1) is 5.92 Å². The number of pyridine rings is 1. The van der Waals surface area contributed by atoms with Crippen LogP contribution in [0.25, 0.3) is 16.9 Å². The molecule has 1 atom stereocenters. The zero-order valence-electron chi connectivity index (χ0n) is 20.4. The average Bonchev–Trinajstić information content (AvgIpc) is 3.45. The van der Waals surface area contributed by atoms with Crippen LogP contribution in [0, 0.1) is 13.1 Å². The van der Waals surface area contributed by atoms with Crippen LogP contribution < -0.4 is 56.3 Å². The predicted octanol–water partition coefficient (Wildman–Crippen LogP) is 0.687. The van der Waals surface area contributed by atoms with Crippen LogP contribution in [-0.4, -0.2) is 62.1 Å². The quantitative estimate of drug-likeness (QED) is 0.309. The van der Waals surface area contributed by atoms with Crippen molar-refractivity contribution in [2.75, 3.05) is 31.2 Å². The Labute approximate surface area is 253 Å². The van der Waals surface area contributed by atoms with Crippen molar-refractivity contribution in [3.05, 3.63) is 91.5 Å². The Morgan fingerprint density at radius 3 is 2.50 bits per heavy atom. The predicted molar refractivity (Wildman–Crippen MR) is 131 cm³/mol. The molecule has 0 radical (unpaired) electrons. The molecule has 180 valence electrons. The van der Waals surface area contributed by atoms with E-state index >= 15 is 0 Å². The Morgan fingerprint density at radius 1 is 1.14 bits per heavy atom. The Kier molecular flexibility index (Phi) is 10.7. The van der Waals surface area contributed by atoms with Gasteiger partial charge in [0, 0.05) is 37.9 Å². The zero-order valence-corrected chi connectivity index (χ0v) is 23.5. The fraction of sp³-hybridized carbons (Fsp3) is 0.231. The van der Waals surface area contributed by atoms with Gasteiger partial charge in [0.25, 0.3) is 5.97 Å². The van der Waals surface area contributed by atoms with Gasteiger partial charge in [-0.25, -0.2) is 4.68 Å². The van der Waals surface area contributed by atoms with Gasteiger partial charge in [-0.3, -0.25) is 4.98 Å². The topological polar surface area (TPSA) is 106 Å². The second-order valence-electron chi connectivity index (χ2n) is 7.95.